The molecule has 0 saturated heterocycles. The lowest BCUT2D eigenvalue weighted by molar-refractivity contribution is 0.351. The third-order valence-electron chi connectivity index (χ3n) is 1.30. The van der Waals surface area contributed by atoms with Crippen LogP contribution in [-0.2, 0) is 0 Å². The Bertz CT molecular complexity index is 245. The van der Waals surface area contributed by atoms with Gasteiger partial charge >= 0.3 is 0 Å². The molecule has 0 aliphatic rings. The van der Waals surface area contributed by atoms with Crippen LogP contribution in [0.25, 0.3) is 0 Å². The van der Waals surface area contributed by atoms with E-state index < -0.39 is 0 Å². The van der Waals surface area contributed by atoms with Crippen LogP contribution in [0.3, 0.4) is 0 Å². The molecule has 0 atom stereocenters. The second-order valence-electron chi connectivity index (χ2n) is 1.96. The summed E-state index contributed by atoms with van der Waals surface area (Å²) >= 11 is 0. The lowest BCUT2D eigenvalue weighted by Gasteiger charge is -2.05. The van der Waals surface area contributed by atoms with Gasteiger partial charge in [-0.2, -0.15) is 0 Å². The van der Waals surface area contributed by atoms with Crippen molar-refractivity contribution in [3.63, 3.8) is 0 Å². The lowest BCUT2D eigenvalue weighted by atomic mass is 10.3. The molecule has 3 heteroatoms. The third-order valence-corrected chi connectivity index (χ3v) is 1.30. The van der Waals surface area contributed by atoms with E-state index in [0.717, 1.165) is 0 Å². The number of hydrogen-bond donors (Lipinski definition) is 1. The van der Waals surface area contributed by atoms with Crippen molar-refractivity contribution < 1.29 is 14.6 Å². The molecule has 0 bridgehead atoms. The van der Waals surface area contributed by atoms with Gasteiger partial charge in [-0.3, -0.25) is 0 Å². The second kappa shape index (κ2) is 3.14. The highest BCUT2D eigenvalue weighted by Gasteiger charge is 2.02. The molecule has 0 saturated carbocycles. The topological polar surface area (TPSA) is 38.7 Å². The van der Waals surface area contributed by atoms with Crippen molar-refractivity contribution in [1.82, 2.24) is 0 Å². The smallest absolute Gasteiger partial charge is 0.164 e. The molecule has 1 radical (unpaired) electrons. The highest BCUT2D eigenvalue weighted by molar-refractivity contribution is 5.44. The van der Waals surface area contributed by atoms with Crippen molar-refractivity contribution in [3.8, 4) is 17.2 Å². The van der Waals surface area contributed by atoms with E-state index in [1.165, 1.54) is 26.4 Å². The van der Waals surface area contributed by atoms with Crippen LogP contribution in [0.15, 0.2) is 12.1 Å². The average Bonchev–Trinajstić information content (AvgIpc) is 2.04. The summed E-state index contributed by atoms with van der Waals surface area (Å²) in [5.41, 5.74) is 0. The van der Waals surface area contributed by atoms with E-state index >= 15 is 0 Å². The summed E-state index contributed by atoms with van der Waals surface area (Å²) in [6, 6.07) is 5.54. The predicted molar refractivity (Wildman–Crippen MR) is 40.0 cm³/mol. The highest BCUT2D eigenvalue weighted by atomic mass is 16.5. The quantitative estimate of drug-likeness (QED) is 0.694. The van der Waals surface area contributed by atoms with E-state index in [1.807, 2.05) is 0 Å². The molecule has 1 aromatic rings. The number of aromatic hydroxyl groups is 1. The van der Waals surface area contributed by atoms with E-state index in [-0.39, 0.29) is 5.75 Å². The van der Waals surface area contributed by atoms with Crippen LogP contribution in [-0.4, -0.2) is 19.3 Å². The first-order chi connectivity index (χ1) is 5.27. The molecule has 0 amide bonds. The van der Waals surface area contributed by atoms with E-state index in [0.29, 0.717) is 11.5 Å². The van der Waals surface area contributed by atoms with E-state index in [4.69, 9.17) is 14.6 Å². The van der Waals surface area contributed by atoms with Crippen LogP contribution in [0.4, 0.5) is 0 Å². The third kappa shape index (κ3) is 1.55. The number of phenols is 1. The van der Waals surface area contributed by atoms with Crippen molar-refractivity contribution in [3.05, 3.63) is 18.2 Å². The molecular weight excluding hydrogens is 144 g/mol. The van der Waals surface area contributed by atoms with Crippen LogP contribution >= 0.6 is 0 Å². The predicted octanol–water partition coefficient (Wildman–Crippen LogP) is 1.21. The van der Waals surface area contributed by atoms with Gasteiger partial charge in [-0.25, -0.2) is 0 Å². The molecule has 59 valence electrons. The average molecular weight is 153 g/mol. The van der Waals surface area contributed by atoms with Crippen LogP contribution in [0.1, 0.15) is 0 Å². The monoisotopic (exact) mass is 153 g/mol. The standard InChI is InChI=1S/C8H9O3/c1-10-7-4-3-6(9)5-8(7)11-2/h4-5,9H,1-2H3. The Hall–Kier alpha value is -1.38. The first-order valence-electron chi connectivity index (χ1n) is 3.10. The second-order valence-corrected chi connectivity index (χ2v) is 1.96. The zero-order valence-electron chi connectivity index (χ0n) is 6.42. The molecule has 0 aliphatic heterocycles. The summed E-state index contributed by atoms with van der Waals surface area (Å²) in [6.45, 7) is 0. The van der Waals surface area contributed by atoms with E-state index in [2.05, 4.69) is 6.07 Å². The van der Waals surface area contributed by atoms with E-state index in [9.17, 15) is 0 Å². The SMILES string of the molecule is COc1c[c]c(O)cc1OC. The van der Waals surface area contributed by atoms with Crippen molar-refractivity contribution in [1.29, 1.82) is 0 Å². The molecule has 0 unspecified atom stereocenters. The molecular formula is C8H9O3. The Kier molecular flexibility index (Phi) is 2.21. The Balaban J connectivity index is 3.06. The van der Waals surface area contributed by atoms with Gasteiger partial charge in [-0.1, -0.05) is 0 Å². The summed E-state index contributed by atoms with van der Waals surface area (Å²) in [6.07, 6.45) is 0. The number of hydrogen-bond acceptors (Lipinski definition) is 3. The minimum atomic E-state index is 0.0441. The molecule has 1 N–H and O–H groups in total. The first-order valence-corrected chi connectivity index (χ1v) is 3.10. The summed E-state index contributed by atoms with van der Waals surface area (Å²) < 4.78 is 9.84. The fourth-order valence-corrected chi connectivity index (χ4v) is 0.767. The molecule has 1 rings (SSSR count). The molecule has 1 aromatic carbocycles. The fraction of sp³-hybridized carbons (Fsp3) is 0.250. The van der Waals surface area contributed by atoms with Gasteiger partial charge in [-0.15, -0.1) is 0 Å². The van der Waals surface area contributed by atoms with Crippen LogP contribution in [0.2, 0.25) is 0 Å². The van der Waals surface area contributed by atoms with Crippen LogP contribution < -0.4 is 9.47 Å². The molecule has 3 nitrogen and oxygen atoms in total. The van der Waals surface area contributed by atoms with Gasteiger partial charge in [0.1, 0.15) is 5.75 Å². The van der Waals surface area contributed by atoms with Crippen LogP contribution in [0, 0.1) is 6.07 Å². The lowest BCUT2D eigenvalue weighted by Crippen LogP contribution is -1.89. The maximum atomic E-state index is 8.97. The Morgan fingerprint density at radius 1 is 1.27 bits per heavy atom. The van der Waals surface area contributed by atoms with Gasteiger partial charge in [0.15, 0.2) is 11.5 Å². The first kappa shape index (κ1) is 7.72. The largest absolute Gasteiger partial charge is 0.507 e. The van der Waals surface area contributed by atoms with Gasteiger partial charge in [0.05, 0.1) is 14.2 Å². The van der Waals surface area contributed by atoms with Crippen molar-refractivity contribution >= 4 is 0 Å². The summed E-state index contributed by atoms with van der Waals surface area (Å²) in [7, 11) is 3.04. The number of ether oxygens (including phenoxy) is 2. The Morgan fingerprint density at radius 2 is 1.91 bits per heavy atom. The van der Waals surface area contributed by atoms with Crippen molar-refractivity contribution in [2.24, 2.45) is 0 Å². The number of benzene rings is 1. The Morgan fingerprint density at radius 3 is 2.45 bits per heavy atom. The highest BCUT2D eigenvalue weighted by Crippen LogP contribution is 2.29. The van der Waals surface area contributed by atoms with Gasteiger partial charge in [0.2, 0.25) is 0 Å². The van der Waals surface area contributed by atoms with Gasteiger partial charge in [-0.05, 0) is 6.07 Å². The zero-order chi connectivity index (χ0) is 8.27. The molecule has 0 aromatic heterocycles. The van der Waals surface area contributed by atoms with Crippen molar-refractivity contribution in [2.45, 2.75) is 0 Å². The normalized spacial score (nSPS) is 9.27. The fourth-order valence-electron chi connectivity index (χ4n) is 0.767. The number of phenolic OH excluding ortho intramolecular Hbond substituents is 1. The van der Waals surface area contributed by atoms with Gasteiger partial charge < -0.3 is 14.6 Å². The summed E-state index contributed by atoms with van der Waals surface area (Å²) in [5, 5.41) is 8.97. The minimum Gasteiger partial charge on any atom is -0.507 e. The van der Waals surface area contributed by atoms with Crippen molar-refractivity contribution in [2.75, 3.05) is 14.2 Å². The summed E-state index contributed by atoms with van der Waals surface area (Å²) in [5.74, 6) is 1.11. The maximum absolute atomic E-state index is 8.97. The maximum Gasteiger partial charge on any atom is 0.164 e. The molecule has 0 spiro atoms. The molecule has 0 heterocycles. The van der Waals surface area contributed by atoms with E-state index in [1.54, 1.807) is 0 Å². The Labute approximate surface area is 65.2 Å². The minimum absolute atomic E-state index is 0.0441. The molecule has 0 aliphatic carbocycles. The molecule has 0 fully saturated rings. The van der Waals surface area contributed by atoms with Crippen LogP contribution in [0.5, 0.6) is 17.2 Å². The zero-order valence-corrected chi connectivity index (χ0v) is 6.42. The summed E-state index contributed by atoms with van der Waals surface area (Å²) in [4.78, 5) is 0. The van der Waals surface area contributed by atoms with Gasteiger partial charge in [0, 0.05) is 12.1 Å². The molecule has 11 heavy (non-hydrogen) atoms. The number of methoxy groups -OCH3 is 2. The van der Waals surface area contributed by atoms with Gasteiger partial charge in [0.25, 0.3) is 0 Å². The number of rotatable bonds is 2.